The number of hydrogen-bond acceptors (Lipinski definition) is 3. The summed E-state index contributed by atoms with van der Waals surface area (Å²) in [6.45, 7) is 2.73. The molecule has 0 aromatic carbocycles. The first-order chi connectivity index (χ1) is 10.7. The molecule has 2 aromatic heterocycles. The Kier molecular flexibility index (Phi) is 3.37. The fourth-order valence-corrected chi connectivity index (χ4v) is 3.42. The molecule has 0 radical (unpaired) electrons. The van der Waals surface area contributed by atoms with Crippen LogP contribution in [0.2, 0.25) is 0 Å². The number of pyridine rings is 1. The Morgan fingerprint density at radius 3 is 2.95 bits per heavy atom. The van der Waals surface area contributed by atoms with Gasteiger partial charge < -0.3 is 4.57 Å². The van der Waals surface area contributed by atoms with Gasteiger partial charge in [-0.3, -0.25) is 14.8 Å². The van der Waals surface area contributed by atoms with Crippen molar-refractivity contribution in [3.63, 3.8) is 0 Å². The first kappa shape index (κ1) is 13.8. The van der Waals surface area contributed by atoms with Crippen molar-refractivity contribution in [2.24, 2.45) is 7.05 Å². The Morgan fingerprint density at radius 1 is 1.32 bits per heavy atom. The quantitative estimate of drug-likeness (QED) is 0.936. The molecule has 1 saturated carbocycles. The second-order valence-corrected chi connectivity index (χ2v) is 6.57. The molecule has 1 aliphatic carbocycles. The number of fused-ring (bicyclic) bond motifs is 1. The van der Waals surface area contributed by atoms with E-state index < -0.39 is 0 Å². The summed E-state index contributed by atoms with van der Waals surface area (Å²) < 4.78 is 1.66. The molecule has 4 rings (SSSR count). The summed E-state index contributed by atoms with van der Waals surface area (Å²) in [5, 5.41) is 7.79. The van der Waals surface area contributed by atoms with Crippen molar-refractivity contribution < 1.29 is 0 Å². The Hall–Kier alpha value is -1.88. The molecule has 5 nitrogen and oxygen atoms in total. The topological polar surface area (TPSA) is 53.9 Å². The molecule has 116 valence electrons. The maximum absolute atomic E-state index is 12.2. The van der Waals surface area contributed by atoms with E-state index in [0.29, 0.717) is 5.92 Å². The predicted octanol–water partition coefficient (Wildman–Crippen LogP) is 1.59. The molecule has 5 heteroatoms. The van der Waals surface area contributed by atoms with E-state index in [9.17, 15) is 4.79 Å². The fraction of sp³-hybridized carbons (Fsp3) is 0.529. The zero-order valence-corrected chi connectivity index (χ0v) is 13.0. The minimum atomic E-state index is 0.116. The number of H-pyrrole nitrogens is 1. The third-order valence-corrected chi connectivity index (χ3v) is 4.90. The van der Waals surface area contributed by atoms with Crippen LogP contribution in [0.4, 0.5) is 0 Å². The lowest BCUT2D eigenvalue weighted by molar-refractivity contribution is 0.276. The Balaban J connectivity index is 1.50. The average Bonchev–Trinajstić information content (AvgIpc) is 3.31. The summed E-state index contributed by atoms with van der Waals surface area (Å²) >= 11 is 0. The van der Waals surface area contributed by atoms with Crippen LogP contribution in [0.5, 0.6) is 0 Å². The third kappa shape index (κ3) is 2.50. The van der Waals surface area contributed by atoms with E-state index in [-0.39, 0.29) is 5.56 Å². The van der Waals surface area contributed by atoms with Gasteiger partial charge in [-0.05, 0) is 30.9 Å². The SMILES string of the molecule is Cn1cccc(CN2CCc3[nH]nc(C4CC4)c3CC2)c1=O. The van der Waals surface area contributed by atoms with Crippen LogP contribution in [0.15, 0.2) is 23.1 Å². The minimum Gasteiger partial charge on any atom is -0.318 e. The van der Waals surface area contributed by atoms with Crippen molar-refractivity contribution in [2.75, 3.05) is 13.1 Å². The molecular formula is C17H22N4O. The van der Waals surface area contributed by atoms with Crippen LogP contribution in [0.25, 0.3) is 0 Å². The molecule has 2 aliphatic rings. The van der Waals surface area contributed by atoms with Crippen LogP contribution in [-0.2, 0) is 26.4 Å². The molecule has 0 spiro atoms. The van der Waals surface area contributed by atoms with Crippen molar-refractivity contribution in [2.45, 2.75) is 38.1 Å². The number of aromatic amines is 1. The molecule has 22 heavy (non-hydrogen) atoms. The van der Waals surface area contributed by atoms with Crippen molar-refractivity contribution in [3.05, 3.63) is 51.2 Å². The van der Waals surface area contributed by atoms with Gasteiger partial charge in [-0.1, -0.05) is 6.07 Å². The van der Waals surface area contributed by atoms with Gasteiger partial charge >= 0.3 is 0 Å². The number of rotatable bonds is 3. The van der Waals surface area contributed by atoms with E-state index in [4.69, 9.17) is 0 Å². The predicted molar refractivity (Wildman–Crippen MR) is 84.9 cm³/mol. The van der Waals surface area contributed by atoms with Gasteiger partial charge in [-0.2, -0.15) is 5.10 Å². The van der Waals surface area contributed by atoms with Crippen LogP contribution < -0.4 is 5.56 Å². The second-order valence-electron chi connectivity index (χ2n) is 6.57. The highest BCUT2D eigenvalue weighted by Crippen LogP contribution is 2.41. The normalized spacial score (nSPS) is 19.0. The fourth-order valence-electron chi connectivity index (χ4n) is 3.42. The summed E-state index contributed by atoms with van der Waals surface area (Å²) in [4.78, 5) is 14.6. The monoisotopic (exact) mass is 298 g/mol. The first-order valence-electron chi connectivity index (χ1n) is 8.15. The van der Waals surface area contributed by atoms with Gasteiger partial charge in [0.25, 0.3) is 5.56 Å². The summed E-state index contributed by atoms with van der Waals surface area (Å²) in [5.41, 5.74) is 5.07. The maximum atomic E-state index is 12.2. The smallest absolute Gasteiger partial charge is 0.254 e. The molecule has 2 aromatic rings. The molecule has 0 saturated heterocycles. The van der Waals surface area contributed by atoms with Crippen LogP contribution in [0, 0.1) is 0 Å². The van der Waals surface area contributed by atoms with Crippen molar-refractivity contribution in [1.29, 1.82) is 0 Å². The third-order valence-electron chi connectivity index (χ3n) is 4.90. The molecule has 0 amide bonds. The molecule has 3 heterocycles. The van der Waals surface area contributed by atoms with Crippen LogP contribution in [0.3, 0.4) is 0 Å². The Bertz CT molecular complexity index is 741. The van der Waals surface area contributed by atoms with Gasteiger partial charge in [-0.15, -0.1) is 0 Å². The molecule has 0 atom stereocenters. The Morgan fingerprint density at radius 2 is 2.14 bits per heavy atom. The van der Waals surface area contributed by atoms with Gasteiger partial charge in [0.15, 0.2) is 0 Å². The molecule has 1 fully saturated rings. The van der Waals surface area contributed by atoms with E-state index >= 15 is 0 Å². The van der Waals surface area contributed by atoms with Gasteiger partial charge in [-0.25, -0.2) is 0 Å². The highest BCUT2D eigenvalue weighted by molar-refractivity contribution is 5.32. The highest BCUT2D eigenvalue weighted by Gasteiger charge is 2.31. The lowest BCUT2D eigenvalue weighted by atomic mass is 10.1. The van der Waals surface area contributed by atoms with E-state index in [0.717, 1.165) is 38.0 Å². The molecule has 0 bridgehead atoms. The zero-order valence-electron chi connectivity index (χ0n) is 13.0. The summed E-state index contributed by atoms with van der Waals surface area (Å²) in [6, 6.07) is 3.90. The molecule has 1 aliphatic heterocycles. The molecular weight excluding hydrogens is 276 g/mol. The van der Waals surface area contributed by atoms with Gasteiger partial charge in [0.2, 0.25) is 0 Å². The maximum Gasteiger partial charge on any atom is 0.254 e. The van der Waals surface area contributed by atoms with Crippen LogP contribution >= 0.6 is 0 Å². The average molecular weight is 298 g/mol. The number of aryl methyl sites for hydroxylation is 1. The zero-order chi connectivity index (χ0) is 15.1. The van der Waals surface area contributed by atoms with Gasteiger partial charge in [0.1, 0.15) is 0 Å². The highest BCUT2D eigenvalue weighted by atomic mass is 16.1. The number of nitrogens with zero attached hydrogens (tertiary/aromatic N) is 3. The van der Waals surface area contributed by atoms with E-state index in [1.807, 2.05) is 25.4 Å². The van der Waals surface area contributed by atoms with Crippen molar-refractivity contribution in [3.8, 4) is 0 Å². The number of nitrogens with one attached hydrogen (secondary N) is 1. The van der Waals surface area contributed by atoms with Crippen molar-refractivity contribution >= 4 is 0 Å². The van der Waals surface area contributed by atoms with Crippen molar-refractivity contribution in [1.82, 2.24) is 19.7 Å². The lowest BCUT2D eigenvalue weighted by Gasteiger charge is -2.19. The lowest BCUT2D eigenvalue weighted by Crippen LogP contribution is -2.30. The number of hydrogen-bond donors (Lipinski definition) is 1. The summed E-state index contributed by atoms with van der Waals surface area (Å²) in [6.07, 6.45) is 6.45. The summed E-state index contributed by atoms with van der Waals surface area (Å²) in [5.74, 6) is 0.702. The first-order valence-corrected chi connectivity index (χ1v) is 8.15. The molecule has 1 N–H and O–H groups in total. The van der Waals surface area contributed by atoms with E-state index in [1.54, 1.807) is 4.57 Å². The standard InChI is InChI=1S/C17H22N4O/c1-20-8-2-3-13(17(20)22)11-21-9-6-14-15(7-10-21)18-19-16(14)12-4-5-12/h2-3,8,12H,4-7,9-11H2,1H3,(H,18,19). The Labute approximate surface area is 130 Å². The summed E-state index contributed by atoms with van der Waals surface area (Å²) in [7, 11) is 1.81. The largest absolute Gasteiger partial charge is 0.318 e. The van der Waals surface area contributed by atoms with Gasteiger partial charge in [0, 0.05) is 56.5 Å². The van der Waals surface area contributed by atoms with Crippen LogP contribution in [-0.4, -0.2) is 32.8 Å². The second kappa shape index (κ2) is 5.39. The minimum absolute atomic E-state index is 0.116. The molecule has 0 unspecified atom stereocenters. The van der Waals surface area contributed by atoms with E-state index in [1.165, 1.54) is 29.8 Å². The van der Waals surface area contributed by atoms with E-state index in [2.05, 4.69) is 15.1 Å². The van der Waals surface area contributed by atoms with Crippen LogP contribution in [0.1, 0.15) is 41.3 Å². The van der Waals surface area contributed by atoms with Gasteiger partial charge in [0.05, 0.1) is 5.69 Å². The number of aromatic nitrogens is 3.